The van der Waals surface area contributed by atoms with Crippen molar-refractivity contribution in [2.24, 2.45) is 0 Å². The summed E-state index contributed by atoms with van der Waals surface area (Å²) in [6, 6.07) is 4.14. The van der Waals surface area contributed by atoms with Gasteiger partial charge in [-0.2, -0.15) is 0 Å². The zero-order valence-electron chi connectivity index (χ0n) is 9.12. The van der Waals surface area contributed by atoms with Crippen LogP contribution in [-0.4, -0.2) is 26.5 Å². The van der Waals surface area contributed by atoms with Gasteiger partial charge in [-0.1, -0.05) is 6.92 Å². The van der Waals surface area contributed by atoms with Crippen molar-refractivity contribution >= 4 is 21.2 Å². The first-order chi connectivity index (χ1) is 7.03. The molecule has 0 aliphatic heterocycles. The van der Waals surface area contributed by atoms with E-state index in [0.29, 0.717) is 6.54 Å². The summed E-state index contributed by atoms with van der Waals surface area (Å²) >= 11 is 1.74. The fourth-order valence-corrected chi connectivity index (χ4v) is 2.77. The number of hydrogen-bond acceptors (Lipinski definition) is 4. The topological polar surface area (TPSA) is 46.2 Å². The van der Waals surface area contributed by atoms with Crippen LogP contribution < -0.4 is 5.32 Å². The van der Waals surface area contributed by atoms with Gasteiger partial charge in [0.15, 0.2) is 9.84 Å². The van der Waals surface area contributed by atoms with Crippen molar-refractivity contribution in [3.8, 4) is 0 Å². The summed E-state index contributed by atoms with van der Waals surface area (Å²) in [7, 11) is -2.83. The lowest BCUT2D eigenvalue weighted by molar-refractivity contribution is 0.592. The van der Waals surface area contributed by atoms with Crippen LogP contribution in [0.3, 0.4) is 0 Å². The zero-order chi connectivity index (χ0) is 11.3. The third-order valence-electron chi connectivity index (χ3n) is 2.12. The van der Waals surface area contributed by atoms with Gasteiger partial charge in [-0.05, 0) is 19.1 Å². The minimum atomic E-state index is -2.83. The van der Waals surface area contributed by atoms with Crippen molar-refractivity contribution in [3.63, 3.8) is 0 Å². The Balaban J connectivity index is 2.23. The second-order valence-electron chi connectivity index (χ2n) is 3.43. The number of sulfone groups is 1. The van der Waals surface area contributed by atoms with Crippen molar-refractivity contribution in [1.29, 1.82) is 0 Å². The van der Waals surface area contributed by atoms with E-state index in [2.05, 4.69) is 24.4 Å². The first-order valence-electron chi connectivity index (χ1n) is 5.00. The molecule has 86 valence electrons. The fourth-order valence-electron chi connectivity index (χ4n) is 1.16. The van der Waals surface area contributed by atoms with Crippen LogP contribution in [0.25, 0.3) is 0 Å². The molecule has 0 saturated carbocycles. The van der Waals surface area contributed by atoms with Gasteiger partial charge in [0.05, 0.1) is 5.75 Å². The van der Waals surface area contributed by atoms with Gasteiger partial charge in [0.1, 0.15) is 0 Å². The lowest BCUT2D eigenvalue weighted by atomic mass is 10.4. The largest absolute Gasteiger partial charge is 0.311 e. The molecule has 0 amide bonds. The maximum Gasteiger partial charge on any atom is 0.151 e. The average Bonchev–Trinajstić information content (AvgIpc) is 2.59. The number of aryl methyl sites for hydroxylation is 1. The summed E-state index contributed by atoms with van der Waals surface area (Å²) in [4.78, 5) is 2.54. The molecule has 0 fully saturated rings. The van der Waals surface area contributed by atoms with Crippen LogP contribution in [0.5, 0.6) is 0 Å². The monoisotopic (exact) mass is 247 g/mol. The van der Waals surface area contributed by atoms with Crippen LogP contribution in [0.1, 0.15) is 16.7 Å². The Bertz CT molecular complexity index is 395. The standard InChI is InChI=1S/C10H17NO2S2/c1-3-15(12,13)7-6-11-8-10-5-4-9(2)14-10/h4-5,11H,3,6-8H2,1-2H3. The maximum atomic E-state index is 11.2. The summed E-state index contributed by atoms with van der Waals surface area (Å²) in [6.07, 6.45) is 0. The third kappa shape index (κ3) is 4.77. The van der Waals surface area contributed by atoms with E-state index in [1.807, 2.05) is 0 Å². The zero-order valence-corrected chi connectivity index (χ0v) is 10.7. The third-order valence-corrected chi connectivity index (χ3v) is 4.83. The molecule has 0 aliphatic carbocycles. The van der Waals surface area contributed by atoms with E-state index in [-0.39, 0.29) is 11.5 Å². The summed E-state index contributed by atoms with van der Waals surface area (Å²) in [5, 5.41) is 3.14. The molecule has 1 rings (SSSR count). The normalized spacial score (nSPS) is 11.9. The molecule has 0 aromatic carbocycles. The number of rotatable bonds is 6. The van der Waals surface area contributed by atoms with E-state index in [4.69, 9.17) is 0 Å². The molecule has 0 aliphatic rings. The highest BCUT2D eigenvalue weighted by Gasteiger charge is 2.05. The fraction of sp³-hybridized carbons (Fsp3) is 0.600. The highest BCUT2D eigenvalue weighted by atomic mass is 32.2. The summed E-state index contributed by atoms with van der Waals surface area (Å²) in [5.41, 5.74) is 0. The van der Waals surface area contributed by atoms with E-state index in [9.17, 15) is 8.42 Å². The van der Waals surface area contributed by atoms with E-state index in [0.717, 1.165) is 6.54 Å². The van der Waals surface area contributed by atoms with Gasteiger partial charge in [0.2, 0.25) is 0 Å². The van der Waals surface area contributed by atoms with Gasteiger partial charge in [-0.15, -0.1) is 11.3 Å². The van der Waals surface area contributed by atoms with Crippen molar-refractivity contribution in [2.45, 2.75) is 20.4 Å². The van der Waals surface area contributed by atoms with Crippen molar-refractivity contribution in [2.75, 3.05) is 18.1 Å². The van der Waals surface area contributed by atoms with E-state index in [1.54, 1.807) is 18.3 Å². The predicted molar refractivity (Wildman–Crippen MR) is 65.1 cm³/mol. The lowest BCUT2D eigenvalue weighted by Gasteiger charge is -2.02. The van der Waals surface area contributed by atoms with Gasteiger partial charge in [0, 0.05) is 28.6 Å². The van der Waals surface area contributed by atoms with Crippen molar-refractivity contribution < 1.29 is 8.42 Å². The van der Waals surface area contributed by atoms with E-state index in [1.165, 1.54) is 9.75 Å². The molecule has 0 atom stereocenters. The minimum absolute atomic E-state index is 0.229. The Morgan fingerprint density at radius 3 is 2.67 bits per heavy atom. The van der Waals surface area contributed by atoms with Gasteiger partial charge in [-0.3, -0.25) is 0 Å². The molecule has 0 spiro atoms. The molecule has 5 heteroatoms. The molecule has 0 radical (unpaired) electrons. The Morgan fingerprint density at radius 1 is 1.40 bits per heavy atom. The van der Waals surface area contributed by atoms with E-state index >= 15 is 0 Å². The Labute approximate surface area is 95.4 Å². The maximum absolute atomic E-state index is 11.2. The smallest absolute Gasteiger partial charge is 0.151 e. The predicted octanol–water partition coefficient (Wildman–Crippen LogP) is 1.58. The van der Waals surface area contributed by atoms with Gasteiger partial charge >= 0.3 is 0 Å². The Hall–Kier alpha value is -0.390. The van der Waals surface area contributed by atoms with Crippen molar-refractivity contribution in [3.05, 3.63) is 21.9 Å². The molecule has 3 nitrogen and oxygen atoms in total. The summed E-state index contributed by atoms with van der Waals surface area (Å²) < 4.78 is 22.4. The molecule has 1 aromatic rings. The SMILES string of the molecule is CCS(=O)(=O)CCNCc1ccc(C)s1. The highest BCUT2D eigenvalue weighted by Crippen LogP contribution is 2.14. The Kier molecular flexibility index (Phi) is 4.76. The first kappa shape index (κ1) is 12.7. The second kappa shape index (κ2) is 5.63. The van der Waals surface area contributed by atoms with Gasteiger partial charge < -0.3 is 5.32 Å². The van der Waals surface area contributed by atoms with Crippen LogP contribution in [0.2, 0.25) is 0 Å². The minimum Gasteiger partial charge on any atom is -0.311 e. The van der Waals surface area contributed by atoms with Crippen molar-refractivity contribution in [1.82, 2.24) is 5.32 Å². The molecule has 15 heavy (non-hydrogen) atoms. The molecule has 0 unspecified atom stereocenters. The molecular weight excluding hydrogens is 230 g/mol. The summed E-state index contributed by atoms with van der Waals surface area (Å²) in [5.74, 6) is 0.459. The van der Waals surface area contributed by atoms with Gasteiger partial charge in [0.25, 0.3) is 0 Å². The molecule has 1 N–H and O–H groups in total. The van der Waals surface area contributed by atoms with Crippen LogP contribution in [-0.2, 0) is 16.4 Å². The van der Waals surface area contributed by atoms with Crippen LogP contribution in [0.4, 0.5) is 0 Å². The number of hydrogen-bond donors (Lipinski definition) is 1. The first-order valence-corrected chi connectivity index (χ1v) is 7.64. The van der Waals surface area contributed by atoms with Crippen LogP contribution in [0, 0.1) is 6.92 Å². The average molecular weight is 247 g/mol. The van der Waals surface area contributed by atoms with E-state index < -0.39 is 9.84 Å². The number of nitrogens with one attached hydrogen (secondary N) is 1. The lowest BCUT2D eigenvalue weighted by Crippen LogP contribution is -2.23. The van der Waals surface area contributed by atoms with Gasteiger partial charge in [-0.25, -0.2) is 8.42 Å². The molecular formula is C10H17NO2S2. The molecule has 1 heterocycles. The van der Waals surface area contributed by atoms with Crippen LogP contribution in [0.15, 0.2) is 12.1 Å². The quantitative estimate of drug-likeness (QED) is 0.776. The second-order valence-corrected chi connectivity index (χ2v) is 7.27. The molecule has 0 bridgehead atoms. The Morgan fingerprint density at radius 2 is 2.13 bits per heavy atom. The highest BCUT2D eigenvalue weighted by molar-refractivity contribution is 7.91. The number of thiophene rings is 1. The molecule has 0 saturated heterocycles. The van der Waals surface area contributed by atoms with Crippen LogP contribution >= 0.6 is 11.3 Å². The summed E-state index contributed by atoms with van der Waals surface area (Å²) in [6.45, 7) is 5.04. The molecule has 1 aromatic heterocycles.